The van der Waals surface area contributed by atoms with Crippen molar-refractivity contribution in [3.8, 4) is 0 Å². The summed E-state index contributed by atoms with van der Waals surface area (Å²) >= 11 is 1.55. The minimum absolute atomic E-state index is 0.0255. The van der Waals surface area contributed by atoms with Crippen molar-refractivity contribution in [1.29, 1.82) is 0 Å². The van der Waals surface area contributed by atoms with Crippen LogP contribution in [0.3, 0.4) is 0 Å². The van der Waals surface area contributed by atoms with Crippen LogP contribution >= 0.6 is 11.3 Å². The first-order chi connectivity index (χ1) is 8.08. The Bertz CT molecular complexity index is 415. The van der Waals surface area contributed by atoms with Gasteiger partial charge in [0.05, 0.1) is 10.4 Å². The van der Waals surface area contributed by atoms with Crippen LogP contribution in [0.2, 0.25) is 0 Å². The smallest absolute Gasteiger partial charge is 0.264 e. The molecule has 1 aliphatic heterocycles. The normalized spacial score (nSPS) is 24.3. The minimum atomic E-state index is -0.0255. The van der Waals surface area contributed by atoms with Crippen LogP contribution in [0.25, 0.3) is 0 Å². The fourth-order valence-corrected chi connectivity index (χ4v) is 3.52. The Kier molecular flexibility index (Phi) is 3.54. The summed E-state index contributed by atoms with van der Waals surface area (Å²) in [4.78, 5) is 15.5. The van der Waals surface area contributed by atoms with E-state index in [2.05, 4.69) is 12.2 Å². The summed E-state index contributed by atoms with van der Waals surface area (Å²) in [7, 11) is 1.95. The Morgan fingerprint density at radius 2 is 2.41 bits per heavy atom. The van der Waals surface area contributed by atoms with Gasteiger partial charge >= 0.3 is 0 Å². The fourth-order valence-electron chi connectivity index (χ4n) is 2.65. The molecule has 0 aromatic carbocycles. The van der Waals surface area contributed by atoms with Crippen molar-refractivity contribution >= 4 is 17.2 Å². The molecule has 94 valence electrons. The molecule has 1 unspecified atom stereocenters. The lowest BCUT2D eigenvalue weighted by Gasteiger charge is -2.35. The molecule has 0 aliphatic carbocycles. The monoisotopic (exact) mass is 252 g/mol. The fraction of sp³-hybridized carbons (Fsp3) is 0.615. The third-order valence-corrected chi connectivity index (χ3v) is 4.61. The SMILES string of the molecule is CNCC1(C)CCCN1C(=O)c1sccc1C. The van der Waals surface area contributed by atoms with E-state index in [9.17, 15) is 4.79 Å². The van der Waals surface area contributed by atoms with Crippen LogP contribution < -0.4 is 5.32 Å². The largest absolute Gasteiger partial charge is 0.331 e. The molecule has 1 fully saturated rings. The lowest BCUT2D eigenvalue weighted by atomic mass is 9.98. The maximum atomic E-state index is 12.5. The summed E-state index contributed by atoms with van der Waals surface area (Å²) in [6.07, 6.45) is 2.19. The van der Waals surface area contributed by atoms with Gasteiger partial charge in [-0.25, -0.2) is 0 Å². The summed E-state index contributed by atoms with van der Waals surface area (Å²) in [5.41, 5.74) is 1.07. The predicted octanol–water partition coefficient (Wildman–Crippen LogP) is 2.27. The number of rotatable bonds is 3. The number of aryl methyl sites for hydroxylation is 1. The van der Waals surface area contributed by atoms with Crippen LogP contribution in [0.5, 0.6) is 0 Å². The number of carbonyl (C=O) groups excluding carboxylic acids is 1. The average molecular weight is 252 g/mol. The van der Waals surface area contributed by atoms with Crippen molar-refractivity contribution in [2.75, 3.05) is 20.1 Å². The van der Waals surface area contributed by atoms with Gasteiger partial charge < -0.3 is 10.2 Å². The maximum Gasteiger partial charge on any atom is 0.264 e. The molecule has 1 amide bonds. The van der Waals surface area contributed by atoms with Crippen LogP contribution in [0.15, 0.2) is 11.4 Å². The summed E-state index contributed by atoms with van der Waals surface area (Å²) in [5, 5.41) is 5.20. The van der Waals surface area contributed by atoms with Crippen molar-refractivity contribution in [1.82, 2.24) is 10.2 Å². The van der Waals surface area contributed by atoms with E-state index in [1.54, 1.807) is 11.3 Å². The Balaban J connectivity index is 2.22. The number of hydrogen-bond donors (Lipinski definition) is 1. The zero-order valence-corrected chi connectivity index (χ0v) is 11.6. The summed E-state index contributed by atoms with van der Waals surface area (Å²) in [5.74, 6) is 0.202. The van der Waals surface area contributed by atoms with Crippen molar-refractivity contribution in [3.05, 3.63) is 21.9 Å². The molecule has 2 rings (SSSR count). The quantitative estimate of drug-likeness (QED) is 0.895. The van der Waals surface area contributed by atoms with Gasteiger partial charge in [0.2, 0.25) is 0 Å². The van der Waals surface area contributed by atoms with E-state index in [4.69, 9.17) is 0 Å². The summed E-state index contributed by atoms with van der Waals surface area (Å²) in [6, 6.07) is 2.02. The van der Waals surface area contributed by atoms with Gasteiger partial charge in [-0.05, 0) is 50.7 Å². The first-order valence-corrected chi connectivity index (χ1v) is 6.97. The highest BCUT2D eigenvalue weighted by Crippen LogP contribution is 2.31. The first kappa shape index (κ1) is 12.6. The highest BCUT2D eigenvalue weighted by atomic mass is 32.1. The molecule has 1 saturated heterocycles. The average Bonchev–Trinajstić information content (AvgIpc) is 2.85. The lowest BCUT2D eigenvalue weighted by molar-refractivity contribution is 0.0631. The highest BCUT2D eigenvalue weighted by Gasteiger charge is 2.39. The molecular weight excluding hydrogens is 232 g/mol. The van der Waals surface area contributed by atoms with Gasteiger partial charge in [0.15, 0.2) is 0 Å². The van der Waals surface area contributed by atoms with Crippen molar-refractivity contribution in [2.45, 2.75) is 32.2 Å². The topological polar surface area (TPSA) is 32.3 Å². The summed E-state index contributed by atoms with van der Waals surface area (Å²) < 4.78 is 0. The summed E-state index contributed by atoms with van der Waals surface area (Å²) in [6.45, 7) is 5.93. The third-order valence-electron chi connectivity index (χ3n) is 3.61. The number of hydrogen-bond acceptors (Lipinski definition) is 3. The van der Waals surface area contributed by atoms with Gasteiger partial charge in [0.25, 0.3) is 5.91 Å². The molecule has 4 heteroatoms. The van der Waals surface area contributed by atoms with Crippen molar-refractivity contribution < 1.29 is 4.79 Å². The first-order valence-electron chi connectivity index (χ1n) is 6.09. The van der Waals surface area contributed by atoms with Crippen LogP contribution in [-0.4, -0.2) is 36.5 Å². The standard InChI is InChI=1S/C13H20N2OS/c1-10-5-8-17-11(10)12(16)15-7-4-6-13(15,2)9-14-3/h5,8,14H,4,6-7,9H2,1-3H3. The molecule has 17 heavy (non-hydrogen) atoms. The van der Waals surface area contributed by atoms with Crippen LogP contribution in [0, 0.1) is 6.92 Å². The van der Waals surface area contributed by atoms with Gasteiger partial charge in [-0.3, -0.25) is 4.79 Å². The second kappa shape index (κ2) is 4.78. The molecule has 1 aliphatic rings. The number of nitrogens with zero attached hydrogens (tertiary/aromatic N) is 1. The predicted molar refractivity (Wildman–Crippen MR) is 71.7 cm³/mol. The van der Waals surface area contributed by atoms with Crippen LogP contribution in [0.4, 0.5) is 0 Å². The molecule has 0 saturated carbocycles. The van der Waals surface area contributed by atoms with Crippen molar-refractivity contribution in [2.24, 2.45) is 0 Å². The molecular formula is C13H20N2OS. The second-order valence-electron chi connectivity index (χ2n) is 5.02. The third kappa shape index (κ3) is 2.24. The highest BCUT2D eigenvalue weighted by molar-refractivity contribution is 7.12. The van der Waals surface area contributed by atoms with E-state index in [-0.39, 0.29) is 11.4 Å². The van der Waals surface area contributed by atoms with E-state index in [0.717, 1.165) is 36.4 Å². The molecule has 0 bridgehead atoms. The number of likely N-dealkylation sites (tertiary alicyclic amines) is 1. The number of carbonyl (C=O) groups is 1. The van der Waals surface area contributed by atoms with Crippen molar-refractivity contribution in [3.63, 3.8) is 0 Å². The second-order valence-corrected chi connectivity index (χ2v) is 5.94. The van der Waals surface area contributed by atoms with Gasteiger partial charge in [-0.1, -0.05) is 0 Å². The van der Waals surface area contributed by atoms with Gasteiger partial charge in [0.1, 0.15) is 0 Å². The molecule has 0 spiro atoms. The number of amides is 1. The molecule has 3 nitrogen and oxygen atoms in total. The Morgan fingerprint density at radius 1 is 1.65 bits per heavy atom. The molecule has 1 atom stereocenters. The molecule has 2 heterocycles. The minimum Gasteiger partial charge on any atom is -0.331 e. The molecule has 1 aromatic rings. The maximum absolute atomic E-state index is 12.5. The van der Waals surface area contributed by atoms with Crippen LogP contribution in [-0.2, 0) is 0 Å². The molecule has 1 aromatic heterocycles. The zero-order valence-electron chi connectivity index (χ0n) is 10.7. The van der Waals surface area contributed by atoms with Crippen LogP contribution in [0.1, 0.15) is 35.0 Å². The van der Waals surface area contributed by atoms with E-state index in [1.807, 2.05) is 30.3 Å². The van der Waals surface area contributed by atoms with E-state index in [1.165, 1.54) is 0 Å². The van der Waals surface area contributed by atoms with E-state index >= 15 is 0 Å². The lowest BCUT2D eigenvalue weighted by Crippen LogP contribution is -2.50. The van der Waals surface area contributed by atoms with Gasteiger partial charge in [-0.15, -0.1) is 11.3 Å². The molecule has 0 radical (unpaired) electrons. The number of thiophene rings is 1. The number of likely N-dealkylation sites (N-methyl/N-ethyl adjacent to an activating group) is 1. The Morgan fingerprint density at radius 3 is 3.00 bits per heavy atom. The van der Waals surface area contributed by atoms with Gasteiger partial charge in [-0.2, -0.15) is 0 Å². The zero-order chi connectivity index (χ0) is 12.5. The van der Waals surface area contributed by atoms with Gasteiger partial charge in [0, 0.05) is 13.1 Å². The number of nitrogens with one attached hydrogen (secondary N) is 1. The molecule has 1 N–H and O–H groups in total. The Hall–Kier alpha value is -0.870. The van der Waals surface area contributed by atoms with E-state index in [0.29, 0.717) is 0 Å². The Labute approximate surface area is 107 Å². The van der Waals surface area contributed by atoms with E-state index < -0.39 is 0 Å².